The van der Waals surface area contributed by atoms with E-state index in [2.05, 4.69) is 17.6 Å². The molecule has 1 aromatic rings. The highest BCUT2D eigenvalue weighted by molar-refractivity contribution is 5.93. The molecular weight excluding hydrogens is 524 g/mol. The lowest BCUT2D eigenvalue weighted by molar-refractivity contribution is -0.143. The number of aromatic hydroxyl groups is 1. The van der Waals surface area contributed by atoms with Crippen molar-refractivity contribution >= 4 is 23.8 Å². The maximum atomic E-state index is 14.2. The number of carbonyl (C=O) groups is 4. The lowest BCUT2D eigenvalue weighted by Gasteiger charge is -2.35. The first-order valence-electron chi connectivity index (χ1n) is 15.0. The van der Waals surface area contributed by atoms with Crippen LogP contribution in [0, 0.1) is 6.92 Å². The third kappa shape index (κ3) is 13.3. The number of primary amides is 1. The summed E-state index contributed by atoms with van der Waals surface area (Å²) in [6.45, 7) is 11.6. The van der Waals surface area contributed by atoms with Gasteiger partial charge in [0.15, 0.2) is 0 Å². The average Bonchev–Trinajstić information content (AvgIpc) is 2.88. The molecule has 10 nitrogen and oxygen atoms in total. The number of ether oxygens (including phenoxy) is 1. The maximum Gasteiger partial charge on any atom is 0.408 e. The van der Waals surface area contributed by atoms with E-state index in [0.29, 0.717) is 24.1 Å². The van der Waals surface area contributed by atoms with Crippen LogP contribution in [0.3, 0.4) is 0 Å². The van der Waals surface area contributed by atoms with E-state index >= 15 is 0 Å². The van der Waals surface area contributed by atoms with E-state index in [1.54, 1.807) is 45.9 Å². The first-order chi connectivity index (χ1) is 19.3. The molecular formula is C31H52N4O6. The molecule has 0 bridgehead atoms. The second-order valence-corrected chi connectivity index (χ2v) is 11.6. The lowest BCUT2D eigenvalue weighted by atomic mass is 9.98. The topological polar surface area (TPSA) is 151 Å². The van der Waals surface area contributed by atoms with Gasteiger partial charge in [-0.25, -0.2) is 4.79 Å². The molecule has 0 aliphatic heterocycles. The van der Waals surface area contributed by atoms with E-state index in [9.17, 15) is 24.3 Å². The van der Waals surface area contributed by atoms with Crippen molar-refractivity contribution in [2.45, 2.75) is 123 Å². The van der Waals surface area contributed by atoms with Crippen LogP contribution < -0.4 is 16.4 Å². The van der Waals surface area contributed by atoms with Crippen LogP contribution in [0.2, 0.25) is 0 Å². The Kier molecular flexibility index (Phi) is 15.9. The smallest absolute Gasteiger partial charge is 0.408 e. The van der Waals surface area contributed by atoms with Crippen molar-refractivity contribution in [2.75, 3.05) is 13.1 Å². The molecule has 0 aliphatic rings. The van der Waals surface area contributed by atoms with Gasteiger partial charge in [-0.1, -0.05) is 70.6 Å². The minimum Gasteiger partial charge on any atom is -0.507 e. The summed E-state index contributed by atoms with van der Waals surface area (Å²) in [6, 6.07) is 2.77. The molecule has 0 saturated heterocycles. The Hall–Kier alpha value is -3.30. The first-order valence-corrected chi connectivity index (χ1v) is 15.0. The first kappa shape index (κ1) is 35.7. The number of para-hydroxylation sites is 1. The fraction of sp³-hybridized carbons (Fsp3) is 0.677. The summed E-state index contributed by atoms with van der Waals surface area (Å²) >= 11 is 0. The number of hydrogen-bond donors (Lipinski definition) is 4. The Bertz CT molecular complexity index is 991. The highest BCUT2D eigenvalue weighted by atomic mass is 16.6. The molecule has 41 heavy (non-hydrogen) atoms. The number of aryl methyl sites for hydroxylation is 1. The minimum atomic E-state index is -1.17. The zero-order chi connectivity index (χ0) is 31.0. The van der Waals surface area contributed by atoms with E-state index in [1.165, 1.54) is 4.90 Å². The Morgan fingerprint density at radius 2 is 1.63 bits per heavy atom. The zero-order valence-electron chi connectivity index (χ0n) is 25.9. The number of nitrogens with two attached hydrogens (primary N) is 1. The van der Waals surface area contributed by atoms with Crippen molar-refractivity contribution in [2.24, 2.45) is 5.73 Å². The molecule has 0 spiro atoms. The third-order valence-electron chi connectivity index (χ3n) is 6.66. The molecule has 1 aromatic carbocycles. The van der Waals surface area contributed by atoms with Gasteiger partial charge in [0.2, 0.25) is 17.7 Å². The van der Waals surface area contributed by atoms with Crippen LogP contribution in [0.15, 0.2) is 18.2 Å². The predicted octanol–water partition coefficient (Wildman–Crippen LogP) is 5.01. The molecule has 4 amide bonds. The second-order valence-electron chi connectivity index (χ2n) is 11.6. The van der Waals surface area contributed by atoms with Crippen molar-refractivity contribution in [1.29, 1.82) is 0 Å². The monoisotopic (exact) mass is 576 g/mol. The van der Waals surface area contributed by atoms with Gasteiger partial charge < -0.3 is 31.1 Å². The summed E-state index contributed by atoms with van der Waals surface area (Å²) < 4.78 is 5.38. The normalized spacial score (nSPS) is 12.7. The van der Waals surface area contributed by atoms with E-state index in [4.69, 9.17) is 10.5 Å². The van der Waals surface area contributed by atoms with E-state index in [1.807, 2.05) is 6.92 Å². The molecule has 0 saturated carbocycles. The van der Waals surface area contributed by atoms with Crippen molar-refractivity contribution in [1.82, 2.24) is 15.5 Å². The highest BCUT2D eigenvalue weighted by Crippen LogP contribution is 2.33. The number of alkyl carbamates (subject to hydrolysis) is 1. The van der Waals surface area contributed by atoms with Crippen LogP contribution >= 0.6 is 0 Å². The van der Waals surface area contributed by atoms with Gasteiger partial charge in [0.1, 0.15) is 23.4 Å². The number of carbonyl (C=O) groups excluding carboxylic acids is 4. The Labute approximate surface area is 245 Å². The van der Waals surface area contributed by atoms with Gasteiger partial charge in [-0.05, 0) is 52.5 Å². The van der Waals surface area contributed by atoms with Gasteiger partial charge in [0.05, 0.1) is 0 Å². The van der Waals surface area contributed by atoms with Crippen molar-refractivity contribution in [3.8, 4) is 5.75 Å². The Morgan fingerprint density at radius 1 is 1.00 bits per heavy atom. The van der Waals surface area contributed by atoms with Gasteiger partial charge in [-0.15, -0.1) is 0 Å². The number of nitrogens with zero attached hydrogens (tertiary/aromatic N) is 1. The van der Waals surface area contributed by atoms with Gasteiger partial charge in [0, 0.05) is 25.1 Å². The SMILES string of the molecule is CCCCCCCCN(C(=O)C(CCC(N)=O)NC(=O)OC(C)(C)C)C(C(=O)NCCCC)c1cccc(C)c1O. The molecule has 5 N–H and O–H groups in total. The van der Waals surface area contributed by atoms with Gasteiger partial charge in [-0.3, -0.25) is 14.4 Å². The molecule has 10 heteroatoms. The average molecular weight is 577 g/mol. The number of rotatable bonds is 18. The Balaban J connectivity index is 3.52. The summed E-state index contributed by atoms with van der Waals surface area (Å²) in [4.78, 5) is 53.7. The highest BCUT2D eigenvalue weighted by Gasteiger charge is 2.37. The van der Waals surface area contributed by atoms with Crippen LogP contribution in [0.25, 0.3) is 0 Å². The Morgan fingerprint density at radius 3 is 2.24 bits per heavy atom. The molecule has 0 fully saturated rings. The summed E-state index contributed by atoms with van der Waals surface area (Å²) in [5, 5.41) is 16.5. The van der Waals surface area contributed by atoms with Crippen LogP contribution in [0.4, 0.5) is 4.79 Å². The molecule has 2 unspecified atom stereocenters. The fourth-order valence-corrected chi connectivity index (χ4v) is 4.46. The van der Waals surface area contributed by atoms with Crippen LogP contribution in [0.1, 0.15) is 116 Å². The van der Waals surface area contributed by atoms with Gasteiger partial charge in [0.25, 0.3) is 0 Å². The number of phenols is 1. The number of hydrogen-bond acceptors (Lipinski definition) is 6. The van der Waals surface area contributed by atoms with E-state index in [-0.39, 0.29) is 25.1 Å². The summed E-state index contributed by atoms with van der Waals surface area (Å²) in [5.41, 5.74) is 5.44. The second kappa shape index (κ2) is 18.2. The van der Waals surface area contributed by atoms with Crippen LogP contribution in [-0.2, 0) is 19.1 Å². The summed E-state index contributed by atoms with van der Waals surface area (Å²) in [7, 11) is 0. The third-order valence-corrected chi connectivity index (χ3v) is 6.66. The largest absolute Gasteiger partial charge is 0.507 e. The molecule has 2 atom stereocenters. The van der Waals surface area contributed by atoms with E-state index < -0.39 is 41.5 Å². The molecule has 0 aromatic heterocycles. The minimum absolute atomic E-state index is 0.0651. The van der Waals surface area contributed by atoms with Crippen LogP contribution in [0.5, 0.6) is 5.75 Å². The lowest BCUT2D eigenvalue weighted by Crippen LogP contribution is -2.53. The number of amides is 4. The summed E-state index contributed by atoms with van der Waals surface area (Å²) in [6.07, 6.45) is 6.35. The quantitative estimate of drug-likeness (QED) is 0.180. The molecule has 1 rings (SSSR count). The molecule has 0 heterocycles. The number of phenolic OH excluding ortho intramolecular Hbond substituents is 1. The number of nitrogens with one attached hydrogen (secondary N) is 2. The number of benzene rings is 1. The zero-order valence-corrected chi connectivity index (χ0v) is 25.9. The maximum absolute atomic E-state index is 14.2. The summed E-state index contributed by atoms with van der Waals surface area (Å²) in [5.74, 6) is -1.68. The number of unbranched alkanes of at least 4 members (excludes halogenated alkanes) is 6. The van der Waals surface area contributed by atoms with Gasteiger partial charge in [-0.2, -0.15) is 0 Å². The fourth-order valence-electron chi connectivity index (χ4n) is 4.46. The van der Waals surface area contributed by atoms with Crippen molar-refractivity contribution in [3.63, 3.8) is 0 Å². The van der Waals surface area contributed by atoms with E-state index in [0.717, 1.165) is 44.9 Å². The molecule has 0 radical (unpaired) electrons. The van der Waals surface area contributed by atoms with Gasteiger partial charge >= 0.3 is 6.09 Å². The van der Waals surface area contributed by atoms with Crippen molar-refractivity contribution < 1.29 is 29.0 Å². The predicted molar refractivity (Wildman–Crippen MR) is 160 cm³/mol. The molecule has 0 aliphatic carbocycles. The van der Waals surface area contributed by atoms with Crippen molar-refractivity contribution in [3.05, 3.63) is 29.3 Å². The van der Waals surface area contributed by atoms with Crippen LogP contribution in [-0.4, -0.2) is 58.6 Å². The molecule has 232 valence electrons. The standard InChI is InChI=1S/C31H52N4O6/c1-7-9-11-12-13-14-21-35(29(39)24(18-19-25(32)36)34-30(40)41-31(4,5)6)26(28(38)33-20-10-8-2)23-17-15-16-22(3)27(23)37/h15-17,24,26,37H,7-14,18-21H2,1-6H3,(H2,32,36)(H,33,38)(H,34,40).